The van der Waals surface area contributed by atoms with Crippen LogP contribution in [0.1, 0.15) is 6.92 Å². The number of halogens is 2. The number of nitrogens with zero attached hydrogens (tertiary/aromatic N) is 1. The van der Waals surface area contributed by atoms with Gasteiger partial charge in [0.2, 0.25) is 5.91 Å². The SMILES string of the molecule is CC(C(=O)Nc1ccc(Cl)cc1Cl)C(N)=NO. The number of amides is 1. The molecule has 1 atom stereocenters. The molecule has 5 nitrogen and oxygen atoms in total. The maximum atomic E-state index is 11.7. The Morgan fingerprint density at radius 2 is 2.18 bits per heavy atom. The Labute approximate surface area is 108 Å². The standard InChI is InChI=1S/C10H11Cl2N3O2/c1-5(9(13)15-17)10(16)14-8-3-2-6(11)4-7(8)12/h2-5,17H,1H3,(H2,13,15)(H,14,16). The van der Waals surface area contributed by atoms with Gasteiger partial charge in [-0.2, -0.15) is 0 Å². The number of nitrogens with one attached hydrogen (secondary N) is 1. The van der Waals surface area contributed by atoms with Crippen LogP contribution < -0.4 is 11.1 Å². The van der Waals surface area contributed by atoms with Crippen LogP contribution in [0.25, 0.3) is 0 Å². The third-order valence-electron chi connectivity index (χ3n) is 2.14. The molecule has 0 saturated carbocycles. The van der Waals surface area contributed by atoms with Crippen molar-refractivity contribution in [3.8, 4) is 0 Å². The zero-order chi connectivity index (χ0) is 13.0. The second kappa shape index (κ2) is 5.75. The van der Waals surface area contributed by atoms with Gasteiger partial charge in [0.1, 0.15) is 0 Å². The minimum Gasteiger partial charge on any atom is -0.409 e. The molecule has 0 spiro atoms. The number of hydrogen-bond donors (Lipinski definition) is 3. The van der Waals surface area contributed by atoms with E-state index in [1.165, 1.54) is 13.0 Å². The summed E-state index contributed by atoms with van der Waals surface area (Å²) < 4.78 is 0. The number of rotatable bonds is 3. The zero-order valence-corrected chi connectivity index (χ0v) is 10.5. The van der Waals surface area contributed by atoms with Crippen LogP contribution in [0, 0.1) is 5.92 Å². The van der Waals surface area contributed by atoms with E-state index < -0.39 is 11.8 Å². The highest BCUT2D eigenvalue weighted by atomic mass is 35.5. The van der Waals surface area contributed by atoms with Gasteiger partial charge >= 0.3 is 0 Å². The summed E-state index contributed by atoms with van der Waals surface area (Å²) in [7, 11) is 0. The van der Waals surface area contributed by atoms with Gasteiger partial charge in [0.15, 0.2) is 5.84 Å². The van der Waals surface area contributed by atoms with Crippen molar-refractivity contribution < 1.29 is 10.0 Å². The van der Waals surface area contributed by atoms with Crippen LogP contribution in [-0.2, 0) is 4.79 Å². The van der Waals surface area contributed by atoms with Gasteiger partial charge in [-0.25, -0.2) is 0 Å². The Hall–Kier alpha value is -1.46. The van der Waals surface area contributed by atoms with E-state index in [2.05, 4.69) is 10.5 Å². The van der Waals surface area contributed by atoms with Gasteiger partial charge in [0, 0.05) is 5.02 Å². The fourth-order valence-corrected chi connectivity index (χ4v) is 1.51. The number of amidine groups is 1. The van der Waals surface area contributed by atoms with E-state index in [4.69, 9.17) is 34.1 Å². The van der Waals surface area contributed by atoms with Crippen molar-refractivity contribution in [2.24, 2.45) is 16.8 Å². The Kier molecular flexibility index (Phi) is 4.60. The summed E-state index contributed by atoms with van der Waals surface area (Å²) in [5, 5.41) is 14.6. The lowest BCUT2D eigenvalue weighted by Gasteiger charge is -2.11. The van der Waals surface area contributed by atoms with Gasteiger partial charge in [0.25, 0.3) is 0 Å². The fraction of sp³-hybridized carbons (Fsp3) is 0.200. The van der Waals surface area contributed by atoms with Gasteiger partial charge in [0.05, 0.1) is 16.6 Å². The number of oxime groups is 1. The predicted octanol–water partition coefficient (Wildman–Crippen LogP) is 2.31. The van der Waals surface area contributed by atoms with Crippen LogP contribution in [0.4, 0.5) is 5.69 Å². The van der Waals surface area contributed by atoms with E-state index in [1.54, 1.807) is 12.1 Å². The molecule has 0 heterocycles. The summed E-state index contributed by atoms with van der Waals surface area (Å²) in [6, 6.07) is 4.67. The van der Waals surface area contributed by atoms with E-state index >= 15 is 0 Å². The molecule has 1 aromatic carbocycles. The highest BCUT2D eigenvalue weighted by Crippen LogP contribution is 2.25. The van der Waals surface area contributed by atoms with Gasteiger partial charge in [-0.05, 0) is 25.1 Å². The van der Waals surface area contributed by atoms with E-state index in [9.17, 15) is 4.79 Å². The number of benzene rings is 1. The minimum atomic E-state index is -0.758. The van der Waals surface area contributed by atoms with Crippen LogP contribution in [0.3, 0.4) is 0 Å². The van der Waals surface area contributed by atoms with Gasteiger partial charge in [-0.1, -0.05) is 28.4 Å². The average Bonchev–Trinajstić information content (AvgIpc) is 2.30. The molecule has 0 bridgehead atoms. The minimum absolute atomic E-state index is 0.174. The third kappa shape index (κ3) is 3.51. The summed E-state index contributed by atoms with van der Waals surface area (Å²) in [5.41, 5.74) is 5.73. The molecule has 0 fully saturated rings. The molecule has 0 aromatic heterocycles. The topological polar surface area (TPSA) is 87.7 Å². The largest absolute Gasteiger partial charge is 0.409 e. The number of anilines is 1. The lowest BCUT2D eigenvalue weighted by Crippen LogP contribution is -2.32. The van der Waals surface area contributed by atoms with E-state index in [1.807, 2.05) is 0 Å². The number of hydrogen-bond acceptors (Lipinski definition) is 3. The first kappa shape index (κ1) is 13.6. The van der Waals surface area contributed by atoms with Crippen LogP contribution in [0.15, 0.2) is 23.4 Å². The molecule has 17 heavy (non-hydrogen) atoms. The summed E-state index contributed by atoms with van der Waals surface area (Å²) >= 11 is 11.6. The maximum Gasteiger partial charge on any atom is 0.234 e. The monoisotopic (exact) mass is 275 g/mol. The fourth-order valence-electron chi connectivity index (χ4n) is 1.05. The second-order valence-electron chi connectivity index (χ2n) is 3.36. The first-order chi connectivity index (χ1) is 7.95. The van der Waals surface area contributed by atoms with Gasteiger partial charge < -0.3 is 16.3 Å². The lowest BCUT2D eigenvalue weighted by molar-refractivity contribution is -0.117. The molecule has 1 rings (SSSR count). The molecule has 1 amide bonds. The highest BCUT2D eigenvalue weighted by Gasteiger charge is 2.18. The molecule has 0 aliphatic heterocycles. The van der Waals surface area contributed by atoms with E-state index in [0.717, 1.165) is 0 Å². The second-order valence-corrected chi connectivity index (χ2v) is 4.20. The van der Waals surface area contributed by atoms with Crippen LogP contribution >= 0.6 is 23.2 Å². The van der Waals surface area contributed by atoms with Gasteiger partial charge in [-0.15, -0.1) is 0 Å². The van der Waals surface area contributed by atoms with Crippen LogP contribution in [-0.4, -0.2) is 17.0 Å². The molecular weight excluding hydrogens is 265 g/mol. The van der Waals surface area contributed by atoms with Crippen LogP contribution in [0.2, 0.25) is 10.0 Å². The van der Waals surface area contributed by atoms with Crippen molar-refractivity contribution in [2.45, 2.75) is 6.92 Å². The van der Waals surface area contributed by atoms with Crippen molar-refractivity contribution in [1.29, 1.82) is 0 Å². The molecule has 92 valence electrons. The van der Waals surface area contributed by atoms with E-state index in [-0.39, 0.29) is 5.84 Å². The average molecular weight is 276 g/mol. The predicted molar refractivity (Wildman–Crippen MR) is 67.7 cm³/mol. The maximum absolute atomic E-state index is 11.7. The quantitative estimate of drug-likeness (QED) is 0.342. The summed E-state index contributed by atoms with van der Waals surface area (Å²) in [6.45, 7) is 1.51. The number of carbonyl (C=O) groups excluding carboxylic acids is 1. The Bertz CT molecular complexity index is 463. The van der Waals surface area contributed by atoms with Crippen LogP contribution in [0.5, 0.6) is 0 Å². The molecule has 0 saturated heterocycles. The number of carbonyl (C=O) groups is 1. The third-order valence-corrected chi connectivity index (χ3v) is 2.69. The first-order valence-corrected chi connectivity index (χ1v) is 5.44. The molecule has 0 aliphatic rings. The number of nitrogens with two attached hydrogens (primary N) is 1. The van der Waals surface area contributed by atoms with Gasteiger partial charge in [-0.3, -0.25) is 4.79 Å². The van der Waals surface area contributed by atoms with Crippen molar-refractivity contribution in [3.05, 3.63) is 28.2 Å². The first-order valence-electron chi connectivity index (χ1n) is 4.69. The highest BCUT2D eigenvalue weighted by molar-refractivity contribution is 6.36. The Morgan fingerprint density at radius 1 is 1.53 bits per heavy atom. The molecular formula is C10H11Cl2N3O2. The molecule has 0 aliphatic carbocycles. The molecule has 4 N–H and O–H groups in total. The zero-order valence-electron chi connectivity index (χ0n) is 8.95. The summed E-state index contributed by atoms with van der Waals surface area (Å²) in [5.74, 6) is -1.36. The molecule has 7 heteroatoms. The van der Waals surface area contributed by atoms with Crippen molar-refractivity contribution >= 4 is 40.6 Å². The Balaban J connectivity index is 2.81. The van der Waals surface area contributed by atoms with Crippen molar-refractivity contribution in [1.82, 2.24) is 0 Å². The van der Waals surface area contributed by atoms with E-state index in [0.29, 0.717) is 15.7 Å². The molecule has 1 unspecified atom stereocenters. The smallest absolute Gasteiger partial charge is 0.234 e. The molecule has 1 aromatic rings. The summed E-state index contributed by atoms with van der Waals surface area (Å²) in [4.78, 5) is 11.7. The normalized spacial score (nSPS) is 13.2. The molecule has 0 radical (unpaired) electrons. The lowest BCUT2D eigenvalue weighted by atomic mass is 10.1. The van der Waals surface area contributed by atoms with Crippen molar-refractivity contribution in [3.63, 3.8) is 0 Å². The Morgan fingerprint density at radius 3 is 2.71 bits per heavy atom. The summed E-state index contributed by atoms with van der Waals surface area (Å²) in [6.07, 6.45) is 0. The van der Waals surface area contributed by atoms with Crippen molar-refractivity contribution in [2.75, 3.05) is 5.32 Å².